The molecular weight excluding hydrogens is 560 g/mol. The number of hydrogen-bond donors (Lipinski definition) is 2. The molecule has 228 valence electrons. The van der Waals surface area contributed by atoms with Gasteiger partial charge in [-0.3, -0.25) is 4.68 Å². The number of aromatic nitrogens is 4. The van der Waals surface area contributed by atoms with Gasteiger partial charge in [0.1, 0.15) is 19.0 Å². The Morgan fingerprint density at radius 2 is 1.65 bits per heavy atom. The lowest BCUT2D eigenvalue weighted by Gasteiger charge is -2.38. The molecule has 3 heterocycles. The molecule has 0 saturated carbocycles. The van der Waals surface area contributed by atoms with Crippen LogP contribution >= 0.6 is 0 Å². The fourth-order valence-electron chi connectivity index (χ4n) is 4.98. The summed E-state index contributed by atoms with van der Waals surface area (Å²) in [6, 6.07) is 9.60. The number of nitrogens with one attached hydrogen (secondary N) is 2. The van der Waals surface area contributed by atoms with Crippen molar-refractivity contribution >= 4 is 17.3 Å². The van der Waals surface area contributed by atoms with Gasteiger partial charge in [0.2, 0.25) is 5.95 Å². The summed E-state index contributed by atoms with van der Waals surface area (Å²) < 4.78 is 52.9. The van der Waals surface area contributed by atoms with Gasteiger partial charge in [-0.15, -0.1) is 0 Å². The first kappa shape index (κ1) is 29.8. The molecule has 43 heavy (non-hydrogen) atoms. The van der Waals surface area contributed by atoms with Crippen molar-refractivity contribution in [3.63, 3.8) is 0 Å². The summed E-state index contributed by atoms with van der Waals surface area (Å²) in [5, 5.41) is 11.0. The monoisotopic (exact) mass is 595 g/mol. The number of hydrogen-bond acceptors (Lipinski definition) is 10. The fraction of sp³-hybridized carbons (Fsp3) is 0.367. The molecule has 1 aliphatic heterocycles. The van der Waals surface area contributed by atoms with Crippen molar-refractivity contribution < 1.29 is 27.7 Å². The first-order chi connectivity index (χ1) is 20.8. The molecule has 4 aromatic rings. The molecule has 11 nitrogen and oxygen atoms in total. The fourth-order valence-corrected chi connectivity index (χ4v) is 4.98. The van der Waals surface area contributed by atoms with E-state index >= 15 is 0 Å². The van der Waals surface area contributed by atoms with Gasteiger partial charge in [-0.1, -0.05) is 0 Å². The minimum absolute atomic E-state index is 0.149. The third kappa shape index (κ3) is 7.23. The van der Waals surface area contributed by atoms with Gasteiger partial charge < -0.3 is 34.5 Å². The SMILES string of the molecule is COc1cc(OC)c(F)c(COc2cnc(Nc3ccc(N4C[C@@H](C)N[C@@H](C)C4)c(OCCn4cccn4)c3)nc2)c1F. The Hall–Kier alpha value is -4.65. The number of rotatable bonds is 12. The van der Waals surface area contributed by atoms with Crippen LogP contribution in [0.3, 0.4) is 0 Å². The Kier molecular flexibility index (Phi) is 9.40. The van der Waals surface area contributed by atoms with E-state index in [1.807, 2.05) is 35.1 Å². The average molecular weight is 596 g/mol. The van der Waals surface area contributed by atoms with E-state index in [0.29, 0.717) is 31.2 Å². The van der Waals surface area contributed by atoms with Crippen LogP contribution in [-0.4, -0.2) is 65.7 Å². The van der Waals surface area contributed by atoms with Crippen molar-refractivity contribution in [3.05, 3.63) is 72.3 Å². The predicted molar refractivity (Wildman–Crippen MR) is 158 cm³/mol. The maximum Gasteiger partial charge on any atom is 0.227 e. The van der Waals surface area contributed by atoms with E-state index in [1.165, 1.54) is 26.6 Å². The van der Waals surface area contributed by atoms with Crippen molar-refractivity contribution in [2.75, 3.05) is 44.1 Å². The molecule has 0 amide bonds. The number of piperazine rings is 1. The van der Waals surface area contributed by atoms with E-state index in [-0.39, 0.29) is 22.8 Å². The Morgan fingerprint density at radius 1 is 0.953 bits per heavy atom. The maximum atomic E-state index is 14.7. The normalized spacial score (nSPS) is 16.6. The quantitative estimate of drug-likeness (QED) is 0.242. The van der Waals surface area contributed by atoms with Crippen molar-refractivity contribution in [1.82, 2.24) is 25.1 Å². The molecule has 5 rings (SSSR count). The summed E-state index contributed by atoms with van der Waals surface area (Å²) in [6.45, 7) is 6.69. The zero-order valence-corrected chi connectivity index (χ0v) is 24.5. The summed E-state index contributed by atoms with van der Waals surface area (Å²) in [5.74, 6) is -0.755. The second kappa shape index (κ2) is 13.6. The minimum atomic E-state index is -0.865. The number of halogens is 2. The molecule has 2 atom stereocenters. The highest BCUT2D eigenvalue weighted by Crippen LogP contribution is 2.34. The molecule has 1 saturated heterocycles. The third-order valence-electron chi connectivity index (χ3n) is 6.93. The van der Waals surface area contributed by atoms with Crippen molar-refractivity contribution in [2.45, 2.75) is 39.1 Å². The van der Waals surface area contributed by atoms with Crippen LogP contribution in [0.1, 0.15) is 19.4 Å². The molecule has 0 aliphatic carbocycles. The largest absolute Gasteiger partial charge is 0.494 e. The van der Waals surface area contributed by atoms with Gasteiger partial charge in [-0.05, 0) is 32.0 Å². The second-order valence-corrected chi connectivity index (χ2v) is 10.2. The summed E-state index contributed by atoms with van der Waals surface area (Å²) in [4.78, 5) is 10.9. The van der Waals surface area contributed by atoms with Gasteiger partial charge in [0.25, 0.3) is 0 Å². The van der Waals surface area contributed by atoms with E-state index in [1.54, 1.807) is 6.20 Å². The van der Waals surface area contributed by atoms with Crippen LogP contribution in [-0.2, 0) is 13.2 Å². The highest BCUT2D eigenvalue weighted by Gasteiger charge is 2.24. The van der Waals surface area contributed by atoms with Gasteiger partial charge in [-0.25, -0.2) is 18.7 Å². The van der Waals surface area contributed by atoms with Crippen LogP contribution in [0.2, 0.25) is 0 Å². The zero-order chi connectivity index (χ0) is 30.3. The van der Waals surface area contributed by atoms with Gasteiger partial charge in [0, 0.05) is 55.4 Å². The number of nitrogens with zero attached hydrogens (tertiary/aromatic N) is 5. The molecule has 1 fully saturated rings. The van der Waals surface area contributed by atoms with Crippen LogP contribution in [0.25, 0.3) is 0 Å². The Bertz CT molecular complexity index is 1470. The minimum Gasteiger partial charge on any atom is -0.494 e. The lowest BCUT2D eigenvalue weighted by molar-refractivity contribution is 0.280. The van der Waals surface area contributed by atoms with E-state index < -0.39 is 18.2 Å². The molecular formula is C30H35F2N7O4. The van der Waals surface area contributed by atoms with Crippen LogP contribution in [0.15, 0.2) is 55.1 Å². The molecule has 2 aromatic heterocycles. The van der Waals surface area contributed by atoms with Crippen molar-refractivity contribution in [3.8, 4) is 23.0 Å². The van der Waals surface area contributed by atoms with E-state index in [4.69, 9.17) is 18.9 Å². The Morgan fingerprint density at radius 3 is 2.28 bits per heavy atom. The van der Waals surface area contributed by atoms with Crippen molar-refractivity contribution in [1.29, 1.82) is 0 Å². The lowest BCUT2D eigenvalue weighted by atomic mass is 10.1. The van der Waals surface area contributed by atoms with Crippen LogP contribution < -0.4 is 34.5 Å². The smallest absolute Gasteiger partial charge is 0.227 e. The molecule has 1 aliphatic rings. The van der Waals surface area contributed by atoms with E-state index in [0.717, 1.165) is 36.3 Å². The standard InChI is InChI=1S/C30H35F2N7O4/c1-19-16-38(17-20(2)36-19)24-7-6-21(12-25(24)42-11-10-39-9-5-8-35-39)37-30-33-14-22(15-34-30)43-18-23-28(31)26(40-3)13-27(41-4)29(23)32/h5-9,12-15,19-20,36H,10-11,16-18H2,1-4H3,(H,33,34,37)/t19-,20+. The molecule has 2 N–H and O–H groups in total. The molecule has 0 bridgehead atoms. The molecule has 2 aromatic carbocycles. The number of methoxy groups -OCH3 is 2. The Labute approximate surface area is 248 Å². The van der Waals surface area contributed by atoms with Gasteiger partial charge in [0.05, 0.1) is 44.4 Å². The molecule has 0 spiro atoms. The number of anilines is 3. The van der Waals surface area contributed by atoms with Gasteiger partial charge in [0.15, 0.2) is 28.9 Å². The zero-order valence-electron chi connectivity index (χ0n) is 24.5. The van der Waals surface area contributed by atoms with E-state index in [2.05, 4.69) is 44.4 Å². The lowest BCUT2D eigenvalue weighted by Crippen LogP contribution is -2.54. The summed E-state index contributed by atoms with van der Waals surface area (Å²) in [6.07, 6.45) is 6.47. The van der Waals surface area contributed by atoms with E-state index in [9.17, 15) is 8.78 Å². The third-order valence-corrected chi connectivity index (χ3v) is 6.93. The Balaban J connectivity index is 1.28. The highest BCUT2D eigenvalue weighted by atomic mass is 19.1. The summed E-state index contributed by atoms with van der Waals surface area (Å²) >= 11 is 0. The second-order valence-electron chi connectivity index (χ2n) is 10.2. The summed E-state index contributed by atoms with van der Waals surface area (Å²) in [7, 11) is 2.58. The van der Waals surface area contributed by atoms with Gasteiger partial charge >= 0.3 is 0 Å². The first-order valence-corrected chi connectivity index (χ1v) is 13.9. The van der Waals surface area contributed by atoms with Crippen molar-refractivity contribution in [2.24, 2.45) is 0 Å². The van der Waals surface area contributed by atoms with Gasteiger partial charge in [-0.2, -0.15) is 5.10 Å². The topological polar surface area (TPSA) is 108 Å². The first-order valence-electron chi connectivity index (χ1n) is 13.9. The van der Waals surface area contributed by atoms with Crippen LogP contribution in [0.4, 0.5) is 26.1 Å². The van der Waals surface area contributed by atoms with Crippen LogP contribution in [0, 0.1) is 11.6 Å². The van der Waals surface area contributed by atoms with Crippen LogP contribution in [0.5, 0.6) is 23.0 Å². The average Bonchev–Trinajstić information content (AvgIpc) is 3.51. The predicted octanol–water partition coefficient (Wildman–Crippen LogP) is 4.56. The summed E-state index contributed by atoms with van der Waals surface area (Å²) in [5.41, 5.74) is 1.41. The number of ether oxygens (including phenoxy) is 4. The number of benzene rings is 2. The maximum absolute atomic E-state index is 14.7. The molecule has 13 heteroatoms. The molecule has 0 radical (unpaired) electrons. The molecule has 0 unspecified atom stereocenters. The highest BCUT2D eigenvalue weighted by molar-refractivity contribution is 5.67.